The van der Waals surface area contributed by atoms with E-state index in [-0.39, 0.29) is 6.61 Å². The second kappa shape index (κ2) is 8.61. The van der Waals surface area contributed by atoms with Gasteiger partial charge in [-0.1, -0.05) is 6.07 Å². The van der Waals surface area contributed by atoms with Crippen LogP contribution in [0.3, 0.4) is 0 Å². The molecule has 0 aliphatic heterocycles. The van der Waals surface area contributed by atoms with Gasteiger partial charge in [-0.2, -0.15) is 0 Å². The number of benzene rings is 3. The number of rotatable bonds is 7. The fraction of sp³-hybridized carbons (Fsp3) is 0.125. The van der Waals surface area contributed by atoms with Crippen LogP contribution in [0.2, 0.25) is 0 Å². The molecule has 4 rings (SSSR count). The van der Waals surface area contributed by atoms with Crippen molar-refractivity contribution in [1.82, 2.24) is 4.98 Å². The number of anilines is 1. The van der Waals surface area contributed by atoms with Crippen molar-refractivity contribution in [3.63, 3.8) is 0 Å². The molecule has 0 saturated heterocycles. The first kappa shape index (κ1) is 19.4. The summed E-state index contributed by atoms with van der Waals surface area (Å²) >= 11 is 0. The Morgan fingerprint density at radius 2 is 1.43 bits per heavy atom. The molecule has 0 unspecified atom stereocenters. The Labute approximate surface area is 174 Å². The number of ether oxygens (including phenoxy) is 3. The largest absolute Gasteiger partial charge is 0.497 e. The first-order valence-electron chi connectivity index (χ1n) is 9.43. The summed E-state index contributed by atoms with van der Waals surface area (Å²) in [5, 5.41) is 0. The number of nitrogens with two attached hydrogens (primary N) is 1. The van der Waals surface area contributed by atoms with E-state index in [1.807, 2.05) is 66.7 Å². The molecule has 0 bridgehead atoms. The zero-order valence-corrected chi connectivity index (χ0v) is 16.8. The summed E-state index contributed by atoms with van der Waals surface area (Å²) in [7, 11) is 3.28. The Bertz CT molecular complexity index is 1050. The van der Waals surface area contributed by atoms with E-state index in [2.05, 4.69) is 0 Å². The summed E-state index contributed by atoms with van der Waals surface area (Å²) in [5.74, 6) is 3.33. The van der Waals surface area contributed by atoms with Crippen molar-refractivity contribution < 1.29 is 18.6 Å². The minimum Gasteiger partial charge on any atom is -0.497 e. The van der Waals surface area contributed by atoms with Crippen LogP contribution in [-0.4, -0.2) is 19.2 Å². The lowest BCUT2D eigenvalue weighted by Crippen LogP contribution is -1.96. The Morgan fingerprint density at radius 1 is 0.800 bits per heavy atom. The summed E-state index contributed by atoms with van der Waals surface area (Å²) in [5.41, 5.74) is 8.99. The maximum Gasteiger partial charge on any atom is 0.233 e. The van der Waals surface area contributed by atoms with E-state index in [0.29, 0.717) is 23.1 Å². The van der Waals surface area contributed by atoms with E-state index in [0.717, 1.165) is 28.3 Å². The normalized spacial score (nSPS) is 10.6. The summed E-state index contributed by atoms with van der Waals surface area (Å²) in [6.45, 7) is 0.183. The third kappa shape index (κ3) is 4.22. The van der Waals surface area contributed by atoms with Gasteiger partial charge in [-0.25, -0.2) is 4.98 Å². The monoisotopic (exact) mass is 402 g/mol. The highest BCUT2D eigenvalue weighted by molar-refractivity contribution is 5.77. The van der Waals surface area contributed by atoms with Crippen LogP contribution in [0.4, 0.5) is 5.69 Å². The molecule has 30 heavy (non-hydrogen) atoms. The molecule has 0 amide bonds. The van der Waals surface area contributed by atoms with Gasteiger partial charge in [-0.3, -0.25) is 0 Å². The molecule has 0 aliphatic rings. The van der Waals surface area contributed by atoms with Gasteiger partial charge in [0.15, 0.2) is 12.4 Å². The fourth-order valence-corrected chi connectivity index (χ4v) is 3.06. The molecular formula is C24H22N2O4. The molecule has 4 aromatic rings. The molecular weight excluding hydrogens is 380 g/mol. The predicted molar refractivity (Wildman–Crippen MR) is 116 cm³/mol. The predicted octanol–water partition coefficient (Wildman–Crippen LogP) is 5.19. The first-order valence-corrected chi connectivity index (χ1v) is 9.43. The van der Waals surface area contributed by atoms with E-state index in [4.69, 9.17) is 29.3 Å². The highest BCUT2D eigenvalue weighted by Crippen LogP contribution is 2.34. The molecule has 0 fully saturated rings. The quantitative estimate of drug-likeness (QED) is 0.429. The molecule has 152 valence electrons. The van der Waals surface area contributed by atoms with Crippen molar-refractivity contribution in [2.45, 2.75) is 6.61 Å². The SMILES string of the molecule is COc1ccc(-c2nc(COc3cccc(N)c3)oc2-c2ccc(OC)cc2)cc1. The van der Waals surface area contributed by atoms with Gasteiger partial charge in [0, 0.05) is 22.9 Å². The van der Waals surface area contributed by atoms with Crippen LogP contribution < -0.4 is 19.9 Å². The number of nitrogens with zero attached hydrogens (tertiary/aromatic N) is 1. The molecule has 3 aromatic carbocycles. The summed E-state index contributed by atoms with van der Waals surface area (Å²) in [6, 6.07) is 22.6. The number of hydrogen-bond donors (Lipinski definition) is 1. The summed E-state index contributed by atoms with van der Waals surface area (Å²) in [6.07, 6.45) is 0. The van der Waals surface area contributed by atoms with Crippen LogP contribution in [0.5, 0.6) is 17.2 Å². The van der Waals surface area contributed by atoms with Crippen LogP contribution in [0.25, 0.3) is 22.6 Å². The molecule has 0 atom stereocenters. The van der Waals surface area contributed by atoms with Crippen molar-refractivity contribution >= 4 is 5.69 Å². The first-order chi connectivity index (χ1) is 14.7. The molecule has 2 N–H and O–H groups in total. The van der Waals surface area contributed by atoms with E-state index in [1.54, 1.807) is 20.3 Å². The Morgan fingerprint density at radius 3 is 2.03 bits per heavy atom. The molecule has 6 nitrogen and oxygen atoms in total. The van der Waals surface area contributed by atoms with E-state index in [9.17, 15) is 0 Å². The molecule has 1 aromatic heterocycles. The smallest absolute Gasteiger partial charge is 0.233 e. The van der Waals surface area contributed by atoms with Gasteiger partial charge in [-0.15, -0.1) is 0 Å². The topological polar surface area (TPSA) is 79.7 Å². The average molecular weight is 402 g/mol. The molecule has 0 aliphatic carbocycles. The highest BCUT2D eigenvalue weighted by atomic mass is 16.5. The lowest BCUT2D eigenvalue weighted by atomic mass is 10.1. The Kier molecular flexibility index (Phi) is 5.57. The number of methoxy groups -OCH3 is 2. The molecule has 0 saturated carbocycles. The highest BCUT2D eigenvalue weighted by Gasteiger charge is 2.18. The number of hydrogen-bond acceptors (Lipinski definition) is 6. The number of aromatic nitrogens is 1. The lowest BCUT2D eigenvalue weighted by Gasteiger charge is -2.04. The van der Waals surface area contributed by atoms with E-state index < -0.39 is 0 Å². The lowest BCUT2D eigenvalue weighted by molar-refractivity contribution is 0.265. The van der Waals surface area contributed by atoms with Crippen LogP contribution >= 0.6 is 0 Å². The van der Waals surface area contributed by atoms with Crippen LogP contribution in [0.1, 0.15) is 5.89 Å². The van der Waals surface area contributed by atoms with Crippen molar-refractivity contribution in [3.05, 3.63) is 78.7 Å². The van der Waals surface area contributed by atoms with E-state index in [1.165, 1.54) is 0 Å². The van der Waals surface area contributed by atoms with Crippen LogP contribution in [0.15, 0.2) is 77.2 Å². The van der Waals surface area contributed by atoms with Gasteiger partial charge >= 0.3 is 0 Å². The van der Waals surface area contributed by atoms with Gasteiger partial charge in [-0.05, 0) is 60.7 Å². The van der Waals surface area contributed by atoms with Gasteiger partial charge in [0.25, 0.3) is 0 Å². The minimum absolute atomic E-state index is 0.183. The number of oxazole rings is 1. The summed E-state index contributed by atoms with van der Waals surface area (Å²) < 4.78 is 22.4. The van der Waals surface area contributed by atoms with Gasteiger partial charge in [0.05, 0.1) is 14.2 Å². The third-order valence-electron chi connectivity index (χ3n) is 4.61. The number of nitrogen functional groups attached to an aromatic ring is 1. The van der Waals surface area contributed by atoms with Gasteiger partial charge in [0.1, 0.15) is 22.9 Å². The molecule has 1 heterocycles. The Hall–Kier alpha value is -3.93. The van der Waals surface area contributed by atoms with Crippen molar-refractivity contribution in [1.29, 1.82) is 0 Å². The fourth-order valence-electron chi connectivity index (χ4n) is 3.06. The zero-order valence-electron chi connectivity index (χ0n) is 16.8. The maximum absolute atomic E-state index is 6.10. The molecule has 6 heteroatoms. The van der Waals surface area contributed by atoms with Gasteiger partial charge in [0.2, 0.25) is 5.89 Å². The maximum atomic E-state index is 6.10. The standard InChI is InChI=1S/C24H22N2O4/c1-27-19-10-6-16(7-11-19)23-24(17-8-12-20(28-2)13-9-17)30-22(26-23)15-29-21-5-3-4-18(25)14-21/h3-14H,15,25H2,1-2H3. The molecule has 0 radical (unpaired) electrons. The third-order valence-corrected chi connectivity index (χ3v) is 4.61. The Balaban J connectivity index is 1.68. The average Bonchev–Trinajstić information content (AvgIpc) is 3.22. The van der Waals surface area contributed by atoms with Crippen LogP contribution in [0, 0.1) is 0 Å². The zero-order chi connectivity index (χ0) is 20.9. The summed E-state index contributed by atoms with van der Waals surface area (Å²) in [4.78, 5) is 4.70. The van der Waals surface area contributed by atoms with Crippen molar-refractivity contribution in [2.24, 2.45) is 0 Å². The van der Waals surface area contributed by atoms with Gasteiger partial charge < -0.3 is 24.4 Å². The van der Waals surface area contributed by atoms with Crippen LogP contribution in [-0.2, 0) is 6.61 Å². The second-order valence-electron chi connectivity index (χ2n) is 6.60. The van der Waals surface area contributed by atoms with E-state index >= 15 is 0 Å². The molecule has 0 spiro atoms. The minimum atomic E-state index is 0.183. The van der Waals surface area contributed by atoms with Crippen molar-refractivity contribution in [2.75, 3.05) is 20.0 Å². The second-order valence-corrected chi connectivity index (χ2v) is 6.60. The van der Waals surface area contributed by atoms with Crippen molar-refractivity contribution in [3.8, 4) is 39.8 Å².